The topological polar surface area (TPSA) is 113 Å². The maximum absolute atomic E-state index is 12.7. The van der Waals surface area contributed by atoms with Gasteiger partial charge in [0, 0.05) is 18.1 Å². The van der Waals surface area contributed by atoms with Crippen molar-refractivity contribution >= 4 is 50.5 Å². The summed E-state index contributed by atoms with van der Waals surface area (Å²) in [5.41, 5.74) is 0.178. The first-order valence-electron chi connectivity index (χ1n) is 6.99. The van der Waals surface area contributed by atoms with Gasteiger partial charge < -0.3 is 5.32 Å². The molecule has 0 atom stereocenters. The number of allylic oxidation sites excluding steroid dienone is 1. The van der Waals surface area contributed by atoms with Gasteiger partial charge in [-0.2, -0.15) is 5.26 Å². The Hall–Kier alpha value is -2.60. The van der Waals surface area contributed by atoms with Crippen LogP contribution < -0.4 is 5.32 Å². The lowest BCUT2D eigenvalue weighted by atomic mass is 10.1. The zero-order valence-corrected chi connectivity index (χ0v) is 15.6. The summed E-state index contributed by atoms with van der Waals surface area (Å²) in [6.07, 6.45) is 1.04. The number of nitrogens with one attached hydrogen (secondary N) is 1. The van der Waals surface area contributed by atoms with Crippen molar-refractivity contribution in [1.82, 2.24) is 0 Å². The Morgan fingerprint density at radius 1 is 1.27 bits per heavy atom. The van der Waals surface area contributed by atoms with Crippen LogP contribution in [0, 0.1) is 21.4 Å². The molecule has 0 aliphatic carbocycles. The Labute approximate surface area is 159 Å². The van der Waals surface area contributed by atoms with Crippen molar-refractivity contribution in [1.29, 1.82) is 5.26 Å². The van der Waals surface area contributed by atoms with Crippen LogP contribution in [0.5, 0.6) is 0 Å². The van der Waals surface area contributed by atoms with E-state index in [4.69, 9.17) is 23.2 Å². The number of nitro groups is 1. The summed E-state index contributed by atoms with van der Waals surface area (Å²) in [6, 6.07) is 9.48. The number of hydrogen-bond acceptors (Lipinski definition) is 6. The molecule has 2 aromatic rings. The lowest BCUT2D eigenvalue weighted by molar-refractivity contribution is -0.383. The molecule has 134 valence electrons. The fraction of sp³-hybridized carbons (Fsp3) is 0.0625. The minimum atomic E-state index is -4.25. The maximum atomic E-state index is 12.7. The third kappa shape index (κ3) is 3.96. The molecule has 26 heavy (non-hydrogen) atoms. The van der Waals surface area contributed by atoms with Gasteiger partial charge in [-0.05, 0) is 35.9 Å². The number of nitro benzene ring substituents is 1. The Morgan fingerprint density at radius 2 is 1.96 bits per heavy atom. The van der Waals surface area contributed by atoms with Crippen molar-refractivity contribution in [3.63, 3.8) is 0 Å². The molecule has 0 heterocycles. The van der Waals surface area contributed by atoms with Gasteiger partial charge in [-0.15, -0.1) is 0 Å². The second-order valence-electron chi connectivity index (χ2n) is 4.98. The van der Waals surface area contributed by atoms with E-state index in [0.29, 0.717) is 0 Å². The SMILES string of the molecule is CNc1ccc(C=C(C#N)S(=O)(=O)c2cc(Cl)ccc2Cl)cc1[N+](=O)[O-]. The largest absolute Gasteiger partial charge is 0.383 e. The molecule has 0 aliphatic heterocycles. The van der Waals surface area contributed by atoms with E-state index in [2.05, 4.69) is 5.32 Å². The van der Waals surface area contributed by atoms with E-state index in [9.17, 15) is 23.8 Å². The van der Waals surface area contributed by atoms with Crippen LogP contribution in [-0.4, -0.2) is 20.4 Å². The van der Waals surface area contributed by atoms with E-state index >= 15 is 0 Å². The Bertz CT molecular complexity index is 1060. The average molecular weight is 412 g/mol. The molecule has 0 aromatic heterocycles. The predicted molar refractivity (Wildman–Crippen MR) is 99.9 cm³/mol. The summed E-state index contributed by atoms with van der Waals surface area (Å²) in [5, 5.41) is 23.1. The molecular formula is C16H11Cl2N3O4S. The number of anilines is 1. The van der Waals surface area contributed by atoms with Crippen molar-refractivity contribution in [3.8, 4) is 6.07 Å². The van der Waals surface area contributed by atoms with Gasteiger partial charge in [0.25, 0.3) is 5.69 Å². The summed E-state index contributed by atoms with van der Waals surface area (Å²) in [6.45, 7) is 0. The lowest BCUT2D eigenvalue weighted by Crippen LogP contribution is -2.04. The summed E-state index contributed by atoms with van der Waals surface area (Å²) in [5.74, 6) is 0. The number of hydrogen-bond donors (Lipinski definition) is 1. The third-order valence-electron chi connectivity index (χ3n) is 3.37. The highest BCUT2D eigenvalue weighted by molar-refractivity contribution is 7.95. The van der Waals surface area contributed by atoms with Gasteiger partial charge in [0.15, 0.2) is 0 Å². The van der Waals surface area contributed by atoms with Crippen LogP contribution >= 0.6 is 23.2 Å². The first-order chi connectivity index (χ1) is 12.2. The van der Waals surface area contributed by atoms with Gasteiger partial charge >= 0.3 is 0 Å². The van der Waals surface area contributed by atoms with Crippen LogP contribution in [-0.2, 0) is 9.84 Å². The zero-order chi connectivity index (χ0) is 19.5. The van der Waals surface area contributed by atoms with Gasteiger partial charge in [0.1, 0.15) is 16.7 Å². The minimum absolute atomic E-state index is 0.0907. The van der Waals surface area contributed by atoms with E-state index in [1.165, 1.54) is 31.3 Å². The second-order valence-corrected chi connectivity index (χ2v) is 7.71. The molecule has 10 heteroatoms. The smallest absolute Gasteiger partial charge is 0.292 e. The maximum Gasteiger partial charge on any atom is 0.292 e. The van der Waals surface area contributed by atoms with E-state index in [1.54, 1.807) is 6.07 Å². The zero-order valence-electron chi connectivity index (χ0n) is 13.2. The van der Waals surface area contributed by atoms with Crippen LogP contribution in [0.4, 0.5) is 11.4 Å². The van der Waals surface area contributed by atoms with Crippen LogP contribution in [0.15, 0.2) is 46.2 Å². The van der Waals surface area contributed by atoms with Crippen molar-refractivity contribution in [3.05, 3.63) is 67.0 Å². The molecule has 0 saturated carbocycles. The lowest BCUT2D eigenvalue weighted by Gasteiger charge is -2.07. The van der Waals surface area contributed by atoms with Gasteiger partial charge in [-0.25, -0.2) is 8.42 Å². The number of benzene rings is 2. The highest BCUT2D eigenvalue weighted by atomic mass is 35.5. The number of nitrogens with zero attached hydrogens (tertiary/aromatic N) is 2. The third-order valence-corrected chi connectivity index (χ3v) is 5.75. The van der Waals surface area contributed by atoms with Crippen LogP contribution in [0.3, 0.4) is 0 Å². The second kappa shape index (κ2) is 7.74. The highest BCUT2D eigenvalue weighted by Gasteiger charge is 2.24. The van der Waals surface area contributed by atoms with Gasteiger partial charge in [-0.3, -0.25) is 10.1 Å². The van der Waals surface area contributed by atoms with Gasteiger partial charge in [0.05, 0.1) is 14.8 Å². The van der Waals surface area contributed by atoms with Crippen molar-refractivity contribution in [2.45, 2.75) is 4.90 Å². The summed E-state index contributed by atoms with van der Waals surface area (Å²) >= 11 is 11.7. The normalized spacial score (nSPS) is 11.7. The average Bonchev–Trinajstić information content (AvgIpc) is 2.61. The molecule has 0 aliphatic rings. The predicted octanol–water partition coefficient (Wildman–Crippen LogP) is 4.28. The molecule has 1 N–H and O–H groups in total. The van der Waals surface area contributed by atoms with Crippen molar-refractivity contribution < 1.29 is 13.3 Å². The van der Waals surface area contributed by atoms with Crippen molar-refractivity contribution in [2.24, 2.45) is 0 Å². The number of sulfone groups is 1. The van der Waals surface area contributed by atoms with Crippen LogP contribution in [0.2, 0.25) is 10.0 Å². The standard InChI is InChI=1S/C16H11Cl2N3O4S/c1-20-14-5-2-10(7-15(14)21(22)23)6-12(9-19)26(24,25)16-8-11(17)3-4-13(16)18/h2-8,20H,1H3. The summed E-state index contributed by atoms with van der Waals surface area (Å²) in [4.78, 5) is 9.57. The number of nitriles is 1. The Kier molecular flexibility index (Phi) is 5.87. The molecule has 0 radical (unpaired) electrons. The molecular weight excluding hydrogens is 401 g/mol. The quantitative estimate of drug-likeness (QED) is 0.446. The molecule has 7 nitrogen and oxygen atoms in total. The van der Waals surface area contributed by atoms with Gasteiger partial charge in [0.2, 0.25) is 9.84 Å². The van der Waals surface area contributed by atoms with E-state index in [1.807, 2.05) is 0 Å². The Morgan fingerprint density at radius 3 is 2.54 bits per heavy atom. The van der Waals surface area contributed by atoms with E-state index in [-0.39, 0.29) is 31.9 Å². The molecule has 0 unspecified atom stereocenters. The molecule has 0 saturated heterocycles. The fourth-order valence-corrected chi connectivity index (χ4v) is 4.04. The molecule has 2 rings (SSSR count). The first-order valence-corrected chi connectivity index (χ1v) is 9.22. The van der Waals surface area contributed by atoms with Crippen LogP contribution in [0.1, 0.15) is 5.56 Å². The molecule has 0 amide bonds. The number of rotatable bonds is 5. The first kappa shape index (κ1) is 19.7. The molecule has 0 fully saturated rings. The molecule has 2 aromatic carbocycles. The monoisotopic (exact) mass is 411 g/mol. The van der Waals surface area contributed by atoms with E-state index < -0.39 is 19.7 Å². The molecule has 0 bridgehead atoms. The minimum Gasteiger partial charge on any atom is -0.383 e. The highest BCUT2D eigenvalue weighted by Crippen LogP contribution is 2.31. The molecule has 0 spiro atoms. The van der Waals surface area contributed by atoms with Gasteiger partial charge in [-0.1, -0.05) is 29.3 Å². The van der Waals surface area contributed by atoms with Crippen LogP contribution in [0.25, 0.3) is 6.08 Å². The Balaban J connectivity index is 2.61. The number of halogens is 2. The summed E-state index contributed by atoms with van der Waals surface area (Å²) < 4.78 is 25.4. The summed E-state index contributed by atoms with van der Waals surface area (Å²) in [7, 11) is -2.74. The van der Waals surface area contributed by atoms with E-state index in [0.717, 1.165) is 18.2 Å². The van der Waals surface area contributed by atoms with Crippen molar-refractivity contribution in [2.75, 3.05) is 12.4 Å². The fourth-order valence-electron chi connectivity index (χ4n) is 2.12.